The molecule has 2 aromatic carbocycles. The Kier molecular flexibility index (Phi) is 4.41. The van der Waals surface area contributed by atoms with Crippen molar-refractivity contribution in [3.63, 3.8) is 0 Å². The molecular formula is C17H19NO2. The third-order valence-corrected chi connectivity index (χ3v) is 3.09. The zero-order valence-electron chi connectivity index (χ0n) is 12.0. The van der Waals surface area contributed by atoms with Crippen LogP contribution in [0.15, 0.2) is 48.5 Å². The van der Waals surface area contributed by atoms with E-state index in [1.807, 2.05) is 62.4 Å². The van der Waals surface area contributed by atoms with Gasteiger partial charge < -0.3 is 10.1 Å². The van der Waals surface area contributed by atoms with Crippen LogP contribution in [0.1, 0.15) is 18.1 Å². The molecule has 1 amide bonds. The Labute approximate surface area is 119 Å². The van der Waals surface area contributed by atoms with E-state index in [9.17, 15) is 4.79 Å². The van der Waals surface area contributed by atoms with Crippen LogP contribution >= 0.6 is 0 Å². The van der Waals surface area contributed by atoms with Crippen LogP contribution in [0.4, 0.5) is 5.69 Å². The summed E-state index contributed by atoms with van der Waals surface area (Å²) in [5, 5.41) is 2.84. The maximum atomic E-state index is 12.1. The number of aryl methyl sites for hydroxylation is 2. The summed E-state index contributed by atoms with van der Waals surface area (Å²) in [7, 11) is 0. The largest absolute Gasteiger partial charge is 0.481 e. The summed E-state index contributed by atoms with van der Waals surface area (Å²) < 4.78 is 5.69. The second-order valence-electron chi connectivity index (χ2n) is 4.88. The van der Waals surface area contributed by atoms with Crippen LogP contribution in [-0.2, 0) is 4.79 Å². The second-order valence-corrected chi connectivity index (χ2v) is 4.88. The summed E-state index contributed by atoms with van der Waals surface area (Å²) in [5.41, 5.74) is 2.95. The van der Waals surface area contributed by atoms with Gasteiger partial charge in [0.2, 0.25) is 0 Å². The summed E-state index contributed by atoms with van der Waals surface area (Å²) in [6.45, 7) is 5.71. The van der Waals surface area contributed by atoms with Gasteiger partial charge in [0.15, 0.2) is 6.10 Å². The monoisotopic (exact) mass is 269 g/mol. The highest BCUT2D eigenvalue weighted by Gasteiger charge is 2.15. The van der Waals surface area contributed by atoms with Gasteiger partial charge in [-0.1, -0.05) is 35.9 Å². The van der Waals surface area contributed by atoms with Crippen molar-refractivity contribution in [2.75, 3.05) is 5.32 Å². The number of carbonyl (C=O) groups excluding carboxylic acids is 1. The molecule has 0 radical (unpaired) electrons. The van der Waals surface area contributed by atoms with Gasteiger partial charge in [-0.05, 0) is 44.5 Å². The van der Waals surface area contributed by atoms with Crippen molar-refractivity contribution < 1.29 is 9.53 Å². The van der Waals surface area contributed by atoms with Crippen molar-refractivity contribution in [3.05, 3.63) is 59.7 Å². The number of para-hydroxylation sites is 1. The first-order chi connectivity index (χ1) is 9.56. The fourth-order valence-electron chi connectivity index (χ4n) is 1.81. The van der Waals surface area contributed by atoms with Crippen molar-refractivity contribution in [3.8, 4) is 5.75 Å². The smallest absolute Gasteiger partial charge is 0.265 e. The number of anilines is 1. The lowest BCUT2D eigenvalue weighted by Gasteiger charge is -2.16. The van der Waals surface area contributed by atoms with Crippen LogP contribution in [0.2, 0.25) is 0 Å². The first-order valence-corrected chi connectivity index (χ1v) is 6.66. The Morgan fingerprint density at radius 2 is 1.70 bits per heavy atom. The SMILES string of the molecule is Cc1ccc(NC(=O)C(C)Oc2ccccc2C)cc1. The standard InChI is InChI=1S/C17H19NO2/c1-12-8-10-15(11-9-12)18-17(19)14(3)20-16-7-5-4-6-13(16)2/h4-11,14H,1-3H3,(H,18,19). The van der Waals surface area contributed by atoms with Crippen LogP contribution in [-0.4, -0.2) is 12.0 Å². The molecule has 0 bridgehead atoms. The van der Waals surface area contributed by atoms with Gasteiger partial charge >= 0.3 is 0 Å². The first-order valence-electron chi connectivity index (χ1n) is 6.66. The van der Waals surface area contributed by atoms with Gasteiger partial charge in [0.1, 0.15) is 5.75 Å². The zero-order chi connectivity index (χ0) is 14.5. The number of rotatable bonds is 4. The first kappa shape index (κ1) is 14.1. The van der Waals surface area contributed by atoms with Gasteiger partial charge in [-0.2, -0.15) is 0 Å². The Bertz CT molecular complexity index is 590. The molecule has 1 N–H and O–H groups in total. The van der Waals surface area contributed by atoms with Gasteiger partial charge in [-0.3, -0.25) is 4.79 Å². The van der Waals surface area contributed by atoms with E-state index in [1.54, 1.807) is 6.92 Å². The lowest BCUT2D eigenvalue weighted by molar-refractivity contribution is -0.122. The molecule has 0 saturated heterocycles. The molecule has 3 nitrogen and oxygen atoms in total. The molecule has 0 aliphatic heterocycles. The number of nitrogens with one attached hydrogen (secondary N) is 1. The molecule has 0 spiro atoms. The third-order valence-electron chi connectivity index (χ3n) is 3.09. The van der Waals surface area contributed by atoms with Gasteiger partial charge in [0.05, 0.1) is 0 Å². The summed E-state index contributed by atoms with van der Waals surface area (Å²) >= 11 is 0. The quantitative estimate of drug-likeness (QED) is 0.919. The highest BCUT2D eigenvalue weighted by atomic mass is 16.5. The molecule has 2 rings (SSSR count). The van der Waals surface area contributed by atoms with Crippen LogP contribution in [0.25, 0.3) is 0 Å². The molecule has 1 atom stereocenters. The normalized spacial score (nSPS) is 11.8. The highest BCUT2D eigenvalue weighted by molar-refractivity contribution is 5.94. The van der Waals surface area contributed by atoms with Crippen LogP contribution in [0.5, 0.6) is 5.75 Å². The number of amides is 1. The summed E-state index contributed by atoms with van der Waals surface area (Å²) in [5.74, 6) is 0.580. The van der Waals surface area contributed by atoms with E-state index in [2.05, 4.69) is 5.32 Å². The molecule has 0 saturated carbocycles. The van der Waals surface area contributed by atoms with E-state index in [0.717, 1.165) is 22.6 Å². The molecule has 0 aliphatic carbocycles. The molecule has 1 unspecified atom stereocenters. The van der Waals surface area contributed by atoms with E-state index in [-0.39, 0.29) is 5.91 Å². The fraction of sp³-hybridized carbons (Fsp3) is 0.235. The summed E-state index contributed by atoms with van der Waals surface area (Å²) in [6, 6.07) is 15.4. The van der Waals surface area contributed by atoms with Crippen LogP contribution in [0, 0.1) is 13.8 Å². The topological polar surface area (TPSA) is 38.3 Å². The van der Waals surface area contributed by atoms with Gasteiger partial charge in [0.25, 0.3) is 5.91 Å². The number of hydrogen-bond donors (Lipinski definition) is 1. The minimum Gasteiger partial charge on any atom is -0.481 e. The maximum Gasteiger partial charge on any atom is 0.265 e. The molecule has 20 heavy (non-hydrogen) atoms. The van der Waals surface area contributed by atoms with Crippen LogP contribution in [0.3, 0.4) is 0 Å². The second kappa shape index (κ2) is 6.24. The molecule has 104 valence electrons. The zero-order valence-corrected chi connectivity index (χ0v) is 12.0. The number of benzene rings is 2. The van der Waals surface area contributed by atoms with Crippen LogP contribution < -0.4 is 10.1 Å². The van der Waals surface area contributed by atoms with Crippen molar-refractivity contribution in [2.24, 2.45) is 0 Å². The minimum absolute atomic E-state index is 0.155. The van der Waals surface area contributed by atoms with Crippen molar-refractivity contribution in [1.29, 1.82) is 0 Å². The van der Waals surface area contributed by atoms with E-state index in [4.69, 9.17) is 4.74 Å². The Morgan fingerprint density at radius 3 is 2.35 bits per heavy atom. The molecule has 2 aromatic rings. The lowest BCUT2D eigenvalue weighted by Crippen LogP contribution is -2.30. The molecule has 0 fully saturated rings. The molecule has 0 aliphatic rings. The molecule has 0 heterocycles. The molecular weight excluding hydrogens is 250 g/mol. The molecule has 0 aromatic heterocycles. The summed E-state index contributed by atoms with van der Waals surface area (Å²) in [6.07, 6.45) is -0.544. The average molecular weight is 269 g/mol. The molecule has 3 heteroatoms. The number of ether oxygens (including phenoxy) is 1. The van der Waals surface area contributed by atoms with Gasteiger partial charge in [-0.25, -0.2) is 0 Å². The van der Waals surface area contributed by atoms with Crippen molar-refractivity contribution in [2.45, 2.75) is 26.9 Å². The fourth-order valence-corrected chi connectivity index (χ4v) is 1.81. The van der Waals surface area contributed by atoms with E-state index < -0.39 is 6.10 Å². The maximum absolute atomic E-state index is 12.1. The van der Waals surface area contributed by atoms with E-state index in [1.165, 1.54) is 0 Å². The van der Waals surface area contributed by atoms with Gasteiger partial charge in [0, 0.05) is 5.69 Å². The minimum atomic E-state index is -0.544. The summed E-state index contributed by atoms with van der Waals surface area (Å²) in [4.78, 5) is 12.1. The third kappa shape index (κ3) is 3.60. The van der Waals surface area contributed by atoms with Crippen molar-refractivity contribution in [1.82, 2.24) is 0 Å². The number of carbonyl (C=O) groups is 1. The van der Waals surface area contributed by atoms with Gasteiger partial charge in [-0.15, -0.1) is 0 Å². The Balaban J connectivity index is 1.99. The Hall–Kier alpha value is -2.29. The predicted molar refractivity (Wildman–Crippen MR) is 81.1 cm³/mol. The Morgan fingerprint density at radius 1 is 1.05 bits per heavy atom. The highest BCUT2D eigenvalue weighted by Crippen LogP contribution is 2.18. The average Bonchev–Trinajstić information content (AvgIpc) is 2.44. The van der Waals surface area contributed by atoms with Crippen molar-refractivity contribution >= 4 is 11.6 Å². The lowest BCUT2D eigenvalue weighted by atomic mass is 10.2. The van der Waals surface area contributed by atoms with E-state index in [0.29, 0.717) is 0 Å². The number of hydrogen-bond acceptors (Lipinski definition) is 2. The predicted octanol–water partition coefficient (Wildman–Crippen LogP) is 3.71. The van der Waals surface area contributed by atoms with E-state index >= 15 is 0 Å².